The molecule has 0 aromatic rings. The second kappa shape index (κ2) is 3.13. The van der Waals surface area contributed by atoms with Crippen molar-refractivity contribution in [1.29, 1.82) is 10.5 Å². The smallest absolute Gasteiger partial charge is 0.110 e. The molecule has 1 rings (SSSR count). The van der Waals surface area contributed by atoms with Gasteiger partial charge in [0.15, 0.2) is 0 Å². The van der Waals surface area contributed by atoms with Gasteiger partial charge in [-0.15, -0.1) is 0 Å². The number of rotatable bonds is 3. The molecule has 0 bridgehead atoms. The molecule has 0 amide bonds. The Hall–Kier alpha value is -1.06. The first-order chi connectivity index (χ1) is 5.66. The van der Waals surface area contributed by atoms with E-state index in [2.05, 4.69) is 12.1 Å². The van der Waals surface area contributed by atoms with Crippen LogP contribution in [-0.4, -0.2) is 23.0 Å². The van der Waals surface area contributed by atoms with E-state index in [0.29, 0.717) is 6.54 Å². The Balaban J connectivity index is 2.69. The van der Waals surface area contributed by atoms with Crippen molar-refractivity contribution in [2.75, 3.05) is 6.54 Å². The van der Waals surface area contributed by atoms with Gasteiger partial charge < -0.3 is 0 Å². The van der Waals surface area contributed by atoms with Crippen molar-refractivity contribution >= 4 is 0 Å². The Labute approximate surface area is 73.2 Å². The molecule has 0 aromatic carbocycles. The third-order valence-electron chi connectivity index (χ3n) is 2.35. The predicted octanol–water partition coefficient (Wildman–Crippen LogP) is 1.28. The van der Waals surface area contributed by atoms with Crippen LogP contribution in [0.1, 0.15) is 26.7 Å². The van der Waals surface area contributed by atoms with Gasteiger partial charge in [0.1, 0.15) is 5.54 Å². The molecular formula is C9H13N3. The SMILES string of the molecule is CC(C)N(CC#N)C1(C#N)CC1. The van der Waals surface area contributed by atoms with Crippen LogP contribution in [0.2, 0.25) is 0 Å². The van der Waals surface area contributed by atoms with Crippen LogP contribution >= 0.6 is 0 Å². The zero-order chi connectivity index (χ0) is 9.19. The molecule has 0 saturated heterocycles. The lowest BCUT2D eigenvalue weighted by molar-refractivity contribution is 0.194. The van der Waals surface area contributed by atoms with E-state index < -0.39 is 0 Å². The van der Waals surface area contributed by atoms with E-state index in [1.54, 1.807) is 0 Å². The summed E-state index contributed by atoms with van der Waals surface area (Å²) in [7, 11) is 0. The molecule has 0 unspecified atom stereocenters. The zero-order valence-corrected chi connectivity index (χ0v) is 7.54. The van der Waals surface area contributed by atoms with E-state index in [9.17, 15) is 0 Å². The van der Waals surface area contributed by atoms with Crippen LogP contribution in [-0.2, 0) is 0 Å². The van der Waals surface area contributed by atoms with Gasteiger partial charge in [0.05, 0.1) is 18.7 Å². The van der Waals surface area contributed by atoms with Crippen molar-refractivity contribution in [2.45, 2.75) is 38.3 Å². The lowest BCUT2D eigenvalue weighted by Crippen LogP contribution is -2.41. The maximum Gasteiger partial charge on any atom is 0.110 e. The van der Waals surface area contributed by atoms with E-state index in [0.717, 1.165) is 12.8 Å². The predicted molar refractivity (Wildman–Crippen MR) is 45.0 cm³/mol. The molecule has 0 aliphatic heterocycles. The second-order valence-corrected chi connectivity index (χ2v) is 3.52. The quantitative estimate of drug-likeness (QED) is 0.589. The van der Waals surface area contributed by atoms with Gasteiger partial charge in [-0.3, -0.25) is 4.90 Å². The molecule has 1 aliphatic rings. The summed E-state index contributed by atoms with van der Waals surface area (Å²) in [5.41, 5.74) is -0.302. The van der Waals surface area contributed by atoms with Crippen LogP contribution in [0, 0.1) is 22.7 Å². The molecule has 3 nitrogen and oxygen atoms in total. The molecule has 3 heteroatoms. The Morgan fingerprint density at radius 3 is 2.25 bits per heavy atom. The van der Waals surface area contributed by atoms with Crippen molar-refractivity contribution in [3.8, 4) is 12.1 Å². The minimum absolute atomic E-state index is 0.284. The minimum Gasteiger partial charge on any atom is -0.270 e. The summed E-state index contributed by atoms with van der Waals surface area (Å²) >= 11 is 0. The van der Waals surface area contributed by atoms with Crippen molar-refractivity contribution in [3.63, 3.8) is 0 Å². The lowest BCUT2D eigenvalue weighted by Gasteiger charge is -2.27. The summed E-state index contributed by atoms with van der Waals surface area (Å²) in [5.74, 6) is 0. The molecule has 0 spiro atoms. The van der Waals surface area contributed by atoms with Gasteiger partial charge in [0.25, 0.3) is 0 Å². The molecule has 0 N–H and O–H groups in total. The normalized spacial score (nSPS) is 18.8. The highest BCUT2D eigenvalue weighted by atomic mass is 15.2. The topological polar surface area (TPSA) is 50.8 Å². The summed E-state index contributed by atoms with van der Waals surface area (Å²) in [6, 6.07) is 4.68. The fraction of sp³-hybridized carbons (Fsp3) is 0.778. The molecule has 0 aromatic heterocycles. The standard InChI is InChI=1S/C9H13N3/c1-8(2)12(6-5-10)9(7-11)3-4-9/h8H,3-4,6H2,1-2H3. The average Bonchev–Trinajstić information content (AvgIpc) is 2.80. The number of nitriles is 2. The minimum atomic E-state index is -0.302. The Bertz CT molecular complexity index is 239. The molecular weight excluding hydrogens is 150 g/mol. The number of hydrogen-bond donors (Lipinski definition) is 0. The van der Waals surface area contributed by atoms with Gasteiger partial charge in [0.2, 0.25) is 0 Å². The third kappa shape index (κ3) is 1.42. The van der Waals surface area contributed by atoms with Crippen molar-refractivity contribution in [3.05, 3.63) is 0 Å². The average molecular weight is 163 g/mol. The fourth-order valence-corrected chi connectivity index (χ4v) is 1.49. The van der Waals surface area contributed by atoms with Gasteiger partial charge in [-0.05, 0) is 26.7 Å². The maximum atomic E-state index is 8.90. The molecule has 0 radical (unpaired) electrons. The largest absolute Gasteiger partial charge is 0.270 e. The van der Waals surface area contributed by atoms with Crippen LogP contribution in [0.25, 0.3) is 0 Å². The van der Waals surface area contributed by atoms with E-state index in [1.165, 1.54) is 0 Å². The van der Waals surface area contributed by atoms with Gasteiger partial charge in [0, 0.05) is 6.04 Å². The molecule has 0 heterocycles. The summed E-state index contributed by atoms with van der Waals surface area (Å²) in [6.07, 6.45) is 1.84. The summed E-state index contributed by atoms with van der Waals surface area (Å²) in [5, 5.41) is 17.5. The highest BCUT2D eigenvalue weighted by Crippen LogP contribution is 2.41. The van der Waals surface area contributed by atoms with E-state index in [1.807, 2.05) is 18.7 Å². The molecule has 1 aliphatic carbocycles. The summed E-state index contributed by atoms with van der Waals surface area (Å²) in [6.45, 7) is 4.41. The first-order valence-corrected chi connectivity index (χ1v) is 4.21. The monoisotopic (exact) mass is 163 g/mol. The molecule has 1 saturated carbocycles. The van der Waals surface area contributed by atoms with Crippen molar-refractivity contribution in [2.24, 2.45) is 0 Å². The second-order valence-electron chi connectivity index (χ2n) is 3.52. The Morgan fingerprint density at radius 1 is 1.42 bits per heavy atom. The Kier molecular flexibility index (Phi) is 2.35. The lowest BCUT2D eigenvalue weighted by atomic mass is 10.2. The van der Waals surface area contributed by atoms with E-state index in [-0.39, 0.29) is 11.6 Å². The fourth-order valence-electron chi connectivity index (χ4n) is 1.49. The van der Waals surface area contributed by atoms with Crippen molar-refractivity contribution < 1.29 is 0 Å². The number of hydrogen-bond acceptors (Lipinski definition) is 3. The molecule has 64 valence electrons. The van der Waals surface area contributed by atoms with Gasteiger partial charge in [-0.1, -0.05) is 0 Å². The van der Waals surface area contributed by atoms with Crippen LogP contribution in [0.3, 0.4) is 0 Å². The highest BCUT2D eigenvalue weighted by molar-refractivity contribution is 5.20. The first-order valence-electron chi connectivity index (χ1n) is 4.21. The third-order valence-corrected chi connectivity index (χ3v) is 2.35. The maximum absolute atomic E-state index is 8.90. The van der Waals surface area contributed by atoms with E-state index >= 15 is 0 Å². The van der Waals surface area contributed by atoms with Crippen LogP contribution < -0.4 is 0 Å². The number of nitrogens with zero attached hydrogens (tertiary/aromatic N) is 3. The van der Waals surface area contributed by atoms with Crippen LogP contribution in [0.15, 0.2) is 0 Å². The van der Waals surface area contributed by atoms with Crippen LogP contribution in [0.5, 0.6) is 0 Å². The molecule has 1 fully saturated rings. The Morgan fingerprint density at radius 2 is 2.00 bits per heavy atom. The van der Waals surface area contributed by atoms with Crippen LogP contribution in [0.4, 0.5) is 0 Å². The summed E-state index contributed by atoms with van der Waals surface area (Å²) in [4.78, 5) is 1.98. The summed E-state index contributed by atoms with van der Waals surface area (Å²) < 4.78 is 0. The zero-order valence-electron chi connectivity index (χ0n) is 7.54. The first kappa shape index (κ1) is 9.03. The molecule has 0 atom stereocenters. The van der Waals surface area contributed by atoms with E-state index in [4.69, 9.17) is 10.5 Å². The van der Waals surface area contributed by atoms with Gasteiger partial charge in [-0.2, -0.15) is 10.5 Å². The molecule has 12 heavy (non-hydrogen) atoms. The highest BCUT2D eigenvalue weighted by Gasteiger charge is 2.49. The van der Waals surface area contributed by atoms with Crippen molar-refractivity contribution in [1.82, 2.24) is 4.90 Å². The van der Waals surface area contributed by atoms with Gasteiger partial charge in [-0.25, -0.2) is 0 Å². The van der Waals surface area contributed by atoms with Gasteiger partial charge >= 0.3 is 0 Å².